The fourth-order valence-electron chi connectivity index (χ4n) is 2.82. The van der Waals surface area contributed by atoms with Gasteiger partial charge in [-0.1, -0.05) is 34.4 Å². The zero-order chi connectivity index (χ0) is 20.9. The summed E-state index contributed by atoms with van der Waals surface area (Å²) in [5, 5.41) is 0. The van der Waals surface area contributed by atoms with E-state index >= 15 is 0 Å². The van der Waals surface area contributed by atoms with Gasteiger partial charge in [-0.05, 0) is 95.4 Å². The van der Waals surface area contributed by atoms with Crippen LogP contribution in [0.4, 0.5) is 5.69 Å². The molecule has 1 aliphatic rings. The van der Waals surface area contributed by atoms with Crippen LogP contribution in [0.1, 0.15) is 21.5 Å². The number of esters is 1. The van der Waals surface area contributed by atoms with Crippen molar-refractivity contribution in [2.45, 2.75) is 4.05 Å². The number of ether oxygens (including phenoxy) is 1. The first-order chi connectivity index (χ1) is 14.6. The quantitative estimate of drug-likeness (QED) is 0.0971. The molecule has 4 rings (SSSR count). The zero-order valence-electron chi connectivity index (χ0n) is 15.8. The molecule has 3 aromatic carbocycles. The smallest absolute Gasteiger partial charge is 0.343 e. The first kappa shape index (κ1) is 20.9. The van der Waals surface area contributed by atoms with Gasteiger partial charge in [-0.15, -0.1) is 0 Å². The molecule has 0 bridgehead atoms. The average Bonchev–Trinajstić information content (AvgIpc) is 3.20. The highest BCUT2D eigenvalue weighted by Crippen LogP contribution is 2.20. The summed E-state index contributed by atoms with van der Waals surface area (Å²) in [4.78, 5) is 18.7. The van der Waals surface area contributed by atoms with E-state index in [0.717, 1.165) is 26.9 Å². The molecule has 0 spiro atoms. The lowest BCUT2D eigenvalue weighted by molar-refractivity contribution is 0.0734. The number of halogens is 2. The molecule has 148 valence electrons. The van der Waals surface area contributed by atoms with Crippen molar-refractivity contribution in [2.24, 2.45) is 4.99 Å². The Kier molecular flexibility index (Phi) is 6.69. The Morgan fingerprint density at radius 2 is 1.53 bits per heavy atom. The summed E-state index contributed by atoms with van der Waals surface area (Å²) >= 11 is 4.52. The Labute approximate surface area is 202 Å². The van der Waals surface area contributed by atoms with Gasteiger partial charge in [-0.25, -0.2) is 4.79 Å². The van der Waals surface area contributed by atoms with Crippen LogP contribution in [0.2, 0.25) is 0 Å². The predicted octanol–water partition coefficient (Wildman–Crippen LogP) is 5.52. The molecule has 0 radical (unpaired) electrons. The summed E-state index contributed by atoms with van der Waals surface area (Å²) in [6, 6.07) is 22.6. The van der Waals surface area contributed by atoms with E-state index < -0.39 is 0 Å². The Balaban J connectivity index is 1.38. The number of carbonyl (C=O) groups is 1. The number of carbonyl (C=O) groups excluding carboxylic acids is 1. The monoisotopic (exact) mass is 618 g/mol. The first-order valence-electron chi connectivity index (χ1n) is 9.21. The second-order valence-corrected chi connectivity index (χ2v) is 9.25. The molecular weight excluding hydrogens is 602 g/mol. The number of anilines is 1. The van der Waals surface area contributed by atoms with Crippen LogP contribution in [0.3, 0.4) is 0 Å². The lowest BCUT2D eigenvalue weighted by atomic mass is 10.1. The van der Waals surface area contributed by atoms with Crippen LogP contribution in [0.15, 0.2) is 77.8 Å². The maximum Gasteiger partial charge on any atom is 0.343 e. The normalized spacial score (nSPS) is 14.9. The summed E-state index contributed by atoms with van der Waals surface area (Å²) in [5.74, 6) is 6.43. The van der Waals surface area contributed by atoms with Gasteiger partial charge in [0, 0.05) is 20.4 Å². The molecule has 0 aromatic heterocycles. The van der Waals surface area contributed by atoms with E-state index in [1.807, 2.05) is 42.7 Å². The zero-order valence-corrected chi connectivity index (χ0v) is 20.1. The minimum Gasteiger partial charge on any atom is -0.423 e. The summed E-state index contributed by atoms with van der Waals surface area (Å²) in [7, 11) is 0. The summed E-state index contributed by atoms with van der Waals surface area (Å²) in [6.07, 6.45) is 1.88. The van der Waals surface area contributed by atoms with Crippen molar-refractivity contribution in [1.29, 1.82) is 0 Å². The van der Waals surface area contributed by atoms with Gasteiger partial charge in [0.15, 0.2) is 0 Å². The van der Waals surface area contributed by atoms with Crippen LogP contribution in [-0.2, 0) is 0 Å². The molecule has 6 heteroatoms. The third-order valence-electron chi connectivity index (χ3n) is 4.41. The van der Waals surface area contributed by atoms with E-state index in [2.05, 4.69) is 79.0 Å². The van der Waals surface area contributed by atoms with Gasteiger partial charge in [0.05, 0.1) is 18.4 Å². The first-order valence-corrected chi connectivity index (χ1v) is 11.5. The van der Waals surface area contributed by atoms with Crippen LogP contribution < -0.4 is 9.64 Å². The molecule has 1 aliphatic heterocycles. The molecule has 1 unspecified atom stereocenters. The molecule has 0 aliphatic carbocycles. The van der Waals surface area contributed by atoms with E-state index in [1.54, 1.807) is 24.3 Å². The highest BCUT2D eigenvalue weighted by molar-refractivity contribution is 14.1. The maximum absolute atomic E-state index is 12.2. The van der Waals surface area contributed by atoms with E-state index in [-0.39, 0.29) is 5.97 Å². The maximum atomic E-state index is 12.2. The topological polar surface area (TPSA) is 41.9 Å². The van der Waals surface area contributed by atoms with Gasteiger partial charge in [-0.3, -0.25) is 4.99 Å². The van der Waals surface area contributed by atoms with E-state index in [4.69, 9.17) is 4.74 Å². The van der Waals surface area contributed by atoms with Crippen molar-refractivity contribution in [2.75, 3.05) is 11.4 Å². The highest BCUT2D eigenvalue weighted by atomic mass is 127. The number of rotatable bonds is 3. The minimum absolute atomic E-state index is 0.306. The highest BCUT2D eigenvalue weighted by Gasteiger charge is 2.15. The number of benzene rings is 3. The predicted molar refractivity (Wildman–Crippen MR) is 137 cm³/mol. The van der Waals surface area contributed by atoms with Crippen LogP contribution >= 0.6 is 45.2 Å². The second kappa shape index (κ2) is 9.62. The van der Waals surface area contributed by atoms with E-state index in [9.17, 15) is 4.79 Å². The van der Waals surface area contributed by atoms with Crippen molar-refractivity contribution in [3.05, 3.63) is 93.1 Å². The molecule has 1 heterocycles. The Morgan fingerprint density at radius 1 is 0.933 bits per heavy atom. The van der Waals surface area contributed by atoms with E-state index in [1.165, 1.54) is 0 Å². The van der Waals surface area contributed by atoms with Crippen molar-refractivity contribution in [1.82, 2.24) is 0 Å². The SMILES string of the molecule is O=C(Oc1ccc(C#Cc2ccc(N3C=NC(I)C3)cc2)cc1)c1ccc(I)cc1. The number of hydrogen-bond acceptors (Lipinski definition) is 4. The number of hydrogen-bond donors (Lipinski definition) is 0. The average molecular weight is 618 g/mol. The van der Waals surface area contributed by atoms with Crippen LogP contribution in [0, 0.1) is 15.4 Å². The van der Waals surface area contributed by atoms with Gasteiger partial charge < -0.3 is 9.64 Å². The summed E-state index contributed by atoms with van der Waals surface area (Å²) in [6.45, 7) is 0.895. The summed E-state index contributed by atoms with van der Waals surface area (Å²) in [5.41, 5.74) is 3.43. The summed E-state index contributed by atoms with van der Waals surface area (Å²) < 4.78 is 6.80. The molecule has 1 atom stereocenters. The standard InChI is InChI=1S/C24H16I2N2O2/c25-20-9-7-19(8-10-20)24(29)30-22-13-5-18(6-14-22)2-1-17-3-11-21(12-4-17)28-15-23(26)27-16-28/h3-14,16,23H,15H2. The van der Waals surface area contributed by atoms with Crippen molar-refractivity contribution in [3.8, 4) is 17.6 Å². The molecule has 0 saturated carbocycles. The fraction of sp³-hybridized carbons (Fsp3) is 0.0833. The number of alkyl halides is 1. The van der Waals surface area contributed by atoms with Gasteiger partial charge in [0.2, 0.25) is 0 Å². The molecule has 0 amide bonds. The van der Waals surface area contributed by atoms with Crippen molar-refractivity contribution < 1.29 is 9.53 Å². The second-order valence-electron chi connectivity index (χ2n) is 6.57. The van der Waals surface area contributed by atoms with Gasteiger partial charge in [0.25, 0.3) is 0 Å². The third kappa shape index (κ3) is 5.40. The van der Waals surface area contributed by atoms with Gasteiger partial charge in [0.1, 0.15) is 9.80 Å². The number of nitrogens with zero attached hydrogens (tertiary/aromatic N) is 2. The Hall–Kier alpha value is -2.38. The molecular formula is C24H16I2N2O2. The van der Waals surface area contributed by atoms with Crippen LogP contribution in [0.25, 0.3) is 0 Å². The fourth-order valence-corrected chi connectivity index (χ4v) is 3.75. The van der Waals surface area contributed by atoms with Crippen LogP contribution in [-0.4, -0.2) is 22.9 Å². The third-order valence-corrected chi connectivity index (χ3v) is 5.84. The van der Waals surface area contributed by atoms with E-state index in [0.29, 0.717) is 15.4 Å². The largest absolute Gasteiger partial charge is 0.423 e. The minimum atomic E-state index is -0.373. The van der Waals surface area contributed by atoms with Gasteiger partial charge in [-0.2, -0.15) is 0 Å². The van der Waals surface area contributed by atoms with Crippen LogP contribution in [0.5, 0.6) is 5.75 Å². The van der Waals surface area contributed by atoms with Crippen molar-refractivity contribution in [3.63, 3.8) is 0 Å². The molecule has 3 aromatic rings. The van der Waals surface area contributed by atoms with Gasteiger partial charge >= 0.3 is 5.97 Å². The molecule has 0 fully saturated rings. The Bertz CT molecular complexity index is 1130. The van der Waals surface area contributed by atoms with Crippen molar-refractivity contribution >= 4 is 63.2 Å². The Morgan fingerprint density at radius 3 is 2.10 bits per heavy atom. The molecule has 4 nitrogen and oxygen atoms in total. The lowest BCUT2D eigenvalue weighted by Gasteiger charge is -2.14. The molecule has 0 N–H and O–H groups in total. The lowest BCUT2D eigenvalue weighted by Crippen LogP contribution is -2.19. The molecule has 0 saturated heterocycles. The molecule has 30 heavy (non-hydrogen) atoms. The number of aliphatic imine (C=N–C) groups is 1.